The van der Waals surface area contributed by atoms with Crippen LogP contribution in [-0.4, -0.2) is 11.3 Å². The monoisotopic (exact) mass is 201 g/mol. The van der Waals surface area contributed by atoms with Crippen LogP contribution < -0.4 is 0 Å². The molecule has 1 aromatic rings. The van der Waals surface area contributed by atoms with E-state index < -0.39 is 0 Å². The molecular formula is C8H5Cl2NO. The van der Waals surface area contributed by atoms with Crippen molar-refractivity contribution in [3.05, 3.63) is 34.1 Å². The molecule has 0 saturated heterocycles. The lowest BCUT2D eigenvalue weighted by Crippen LogP contribution is -1.79. The molecule has 0 aliphatic carbocycles. The topological polar surface area (TPSA) is 30.0 Å². The molecule has 0 aliphatic heterocycles. The highest BCUT2D eigenvalue weighted by atomic mass is 35.5. The van der Waals surface area contributed by atoms with Gasteiger partial charge >= 0.3 is 0 Å². The van der Waals surface area contributed by atoms with Gasteiger partial charge < -0.3 is 0 Å². The summed E-state index contributed by atoms with van der Waals surface area (Å²) in [5, 5.41) is 0.626. The lowest BCUT2D eigenvalue weighted by atomic mass is 10.2. The van der Waals surface area contributed by atoms with Gasteiger partial charge in [-0.2, -0.15) is 0 Å². The number of hydrogen-bond acceptors (Lipinski definition) is 2. The van der Waals surface area contributed by atoms with E-state index in [1.807, 2.05) is 0 Å². The molecule has 0 unspecified atom stereocenters. The van der Waals surface area contributed by atoms with Gasteiger partial charge in [0.2, 0.25) is 0 Å². The van der Waals surface area contributed by atoms with Gasteiger partial charge in [0, 0.05) is 0 Å². The molecule has 0 aliphatic rings. The number of allylic oxidation sites excluding steroid dienone is 1. The summed E-state index contributed by atoms with van der Waals surface area (Å²) in [6.07, 6.45) is 3.65. The zero-order valence-electron chi connectivity index (χ0n) is 6.00. The van der Waals surface area contributed by atoms with Crippen molar-refractivity contribution >= 4 is 35.6 Å². The summed E-state index contributed by atoms with van der Waals surface area (Å²) in [5.74, 6) is 0. The summed E-state index contributed by atoms with van der Waals surface area (Å²) in [6, 6.07) is 3.24. The van der Waals surface area contributed by atoms with Crippen LogP contribution in [0.25, 0.3) is 6.08 Å². The highest BCUT2D eigenvalue weighted by Crippen LogP contribution is 2.15. The van der Waals surface area contributed by atoms with Crippen molar-refractivity contribution in [3.63, 3.8) is 0 Å². The molecule has 0 saturated carbocycles. The predicted octanol–water partition coefficient (Wildman–Crippen LogP) is 2.60. The van der Waals surface area contributed by atoms with Crippen LogP contribution in [0.5, 0.6) is 0 Å². The fourth-order valence-electron chi connectivity index (χ4n) is 0.730. The maximum Gasteiger partial charge on any atom is 0.142 e. The molecule has 62 valence electrons. The fraction of sp³-hybridized carbons (Fsp3) is 0. The Hall–Kier alpha value is -0.860. The van der Waals surface area contributed by atoms with Crippen molar-refractivity contribution in [2.75, 3.05) is 0 Å². The van der Waals surface area contributed by atoms with Crippen molar-refractivity contribution in [3.8, 4) is 0 Å². The Morgan fingerprint density at radius 2 is 1.83 bits per heavy atom. The number of hydrogen-bond donors (Lipinski definition) is 0. The lowest BCUT2D eigenvalue weighted by Gasteiger charge is -1.94. The first-order chi connectivity index (χ1) is 5.72. The summed E-state index contributed by atoms with van der Waals surface area (Å²) >= 11 is 11.2. The number of aldehydes is 1. The molecular weight excluding hydrogens is 197 g/mol. The highest BCUT2D eigenvalue weighted by Gasteiger charge is 1.95. The third-order valence-corrected chi connectivity index (χ3v) is 1.54. The molecule has 0 N–H and O–H groups in total. The third-order valence-electron chi connectivity index (χ3n) is 1.15. The highest BCUT2D eigenvalue weighted by molar-refractivity contribution is 6.32. The molecule has 0 fully saturated rings. The van der Waals surface area contributed by atoms with Gasteiger partial charge in [-0.25, -0.2) is 4.98 Å². The van der Waals surface area contributed by atoms with E-state index in [1.54, 1.807) is 18.2 Å². The normalized spacial score (nSPS) is 10.5. The second-order valence-corrected chi connectivity index (χ2v) is 2.82. The number of halogens is 2. The molecule has 0 radical (unpaired) electrons. The van der Waals surface area contributed by atoms with Crippen LogP contribution >= 0.6 is 23.2 Å². The summed E-state index contributed by atoms with van der Waals surface area (Å²) in [6.45, 7) is 0. The van der Waals surface area contributed by atoms with Gasteiger partial charge in [0.05, 0.1) is 0 Å². The standard InChI is InChI=1S/C8H5Cl2NO/c9-7-4-6(2-1-3-12)5-8(10)11-7/h1-5H/b2-1+. The van der Waals surface area contributed by atoms with Crippen molar-refractivity contribution in [1.29, 1.82) is 0 Å². The first-order valence-electron chi connectivity index (χ1n) is 3.17. The number of pyridine rings is 1. The number of carbonyl (C=O) groups excluding carboxylic acids is 1. The van der Waals surface area contributed by atoms with Crippen LogP contribution in [0.15, 0.2) is 18.2 Å². The Balaban J connectivity index is 3.00. The maximum atomic E-state index is 9.98. The predicted molar refractivity (Wildman–Crippen MR) is 49.4 cm³/mol. The van der Waals surface area contributed by atoms with Gasteiger partial charge in [0.15, 0.2) is 0 Å². The summed E-state index contributed by atoms with van der Waals surface area (Å²) < 4.78 is 0. The van der Waals surface area contributed by atoms with E-state index in [-0.39, 0.29) is 0 Å². The first kappa shape index (κ1) is 9.23. The van der Waals surface area contributed by atoms with Gasteiger partial charge in [-0.15, -0.1) is 0 Å². The van der Waals surface area contributed by atoms with Crippen molar-refractivity contribution in [2.45, 2.75) is 0 Å². The van der Waals surface area contributed by atoms with E-state index in [0.717, 1.165) is 5.56 Å². The molecule has 2 nitrogen and oxygen atoms in total. The van der Waals surface area contributed by atoms with E-state index in [0.29, 0.717) is 16.6 Å². The Labute approximate surface area is 79.8 Å². The van der Waals surface area contributed by atoms with Gasteiger partial charge in [-0.3, -0.25) is 4.79 Å². The number of aromatic nitrogens is 1. The number of carbonyl (C=O) groups is 1. The molecule has 0 atom stereocenters. The van der Waals surface area contributed by atoms with Gasteiger partial charge in [-0.05, 0) is 23.8 Å². The molecule has 1 aromatic heterocycles. The zero-order chi connectivity index (χ0) is 8.97. The molecule has 0 bridgehead atoms. The van der Waals surface area contributed by atoms with Crippen molar-refractivity contribution < 1.29 is 4.79 Å². The van der Waals surface area contributed by atoms with Crippen molar-refractivity contribution in [2.24, 2.45) is 0 Å². The largest absolute Gasteiger partial charge is 0.299 e. The van der Waals surface area contributed by atoms with Crippen LogP contribution in [-0.2, 0) is 4.79 Å². The molecule has 12 heavy (non-hydrogen) atoms. The van der Waals surface area contributed by atoms with E-state index in [9.17, 15) is 4.79 Å². The molecule has 0 spiro atoms. The maximum absolute atomic E-state index is 9.98. The Morgan fingerprint density at radius 1 is 1.25 bits per heavy atom. The van der Waals surface area contributed by atoms with E-state index in [4.69, 9.17) is 23.2 Å². The molecule has 0 aromatic carbocycles. The van der Waals surface area contributed by atoms with E-state index in [2.05, 4.69) is 4.98 Å². The fourth-order valence-corrected chi connectivity index (χ4v) is 1.21. The lowest BCUT2D eigenvalue weighted by molar-refractivity contribution is -0.104. The molecule has 1 rings (SSSR count). The number of rotatable bonds is 2. The zero-order valence-corrected chi connectivity index (χ0v) is 7.51. The summed E-state index contributed by atoms with van der Waals surface area (Å²) in [5.41, 5.74) is 0.757. The third kappa shape index (κ3) is 2.64. The van der Waals surface area contributed by atoms with Gasteiger partial charge in [-0.1, -0.05) is 29.3 Å². The Bertz CT molecular complexity index is 303. The minimum Gasteiger partial charge on any atom is -0.299 e. The van der Waals surface area contributed by atoms with Crippen LogP contribution in [0.1, 0.15) is 5.56 Å². The Kier molecular flexibility index (Phi) is 3.26. The average molecular weight is 202 g/mol. The summed E-state index contributed by atoms with van der Waals surface area (Å²) in [4.78, 5) is 13.7. The molecule has 1 heterocycles. The average Bonchev–Trinajstić information content (AvgIpc) is 1.99. The van der Waals surface area contributed by atoms with E-state index >= 15 is 0 Å². The second-order valence-electron chi connectivity index (χ2n) is 2.04. The minimum absolute atomic E-state index is 0.313. The minimum atomic E-state index is 0.313. The smallest absolute Gasteiger partial charge is 0.142 e. The van der Waals surface area contributed by atoms with Gasteiger partial charge in [0.25, 0.3) is 0 Å². The quantitative estimate of drug-likeness (QED) is 0.419. The first-order valence-corrected chi connectivity index (χ1v) is 3.93. The number of nitrogens with zero attached hydrogens (tertiary/aromatic N) is 1. The van der Waals surface area contributed by atoms with Crippen LogP contribution in [0.4, 0.5) is 0 Å². The van der Waals surface area contributed by atoms with E-state index in [1.165, 1.54) is 6.08 Å². The summed E-state index contributed by atoms with van der Waals surface area (Å²) in [7, 11) is 0. The van der Waals surface area contributed by atoms with Crippen molar-refractivity contribution in [1.82, 2.24) is 4.98 Å². The SMILES string of the molecule is O=C/C=C/c1cc(Cl)nc(Cl)c1. The van der Waals surface area contributed by atoms with Crippen LogP contribution in [0, 0.1) is 0 Å². The van der Waals surface area contributed by atoms with Crippen LogP contribution in [0.3, 0.4) is 0 Å². The second kappa shape index (κ2) is 4.24. The molecule has 0 amide bonds. The molecule has 4 heteroatoms. The van der Waals surface area contributed by atoms with Gasteiger partial charge in [0.1, 0.15) is 16.6 Å². The van der Waals surface area contributed by atoms with Crippen LogP contribution in [0.2, 0.25) is 10.3 Å². The Morgan fingerprint density at radius 3 is 2.33 bits per heavy atom.